The van der Waals surface area contributed by atoms with Crippen molar-refractivity contribution in [1.82, 2.24) is 9.88 Å². The summed E-state index contributed by atoms with van der Waals surface area (Å²) in [5.41, 5.74) is 6.46. The van der Waals surface area contributed by atoms with Gasteiger partial charge in [-0.05, 0) is 6.92 Å². The molecule has 2 heterocycles. The van der Waals surface area contributed by atoms with Crippen molar-refractivity contribution in [3.05, 3.63) is 11.1 Å². The number of nitrogens with two attached hydrogens (primary N) is 1. The zero-order valence-corrected chi connectivity index (χ0v) is 11.2. The van der Waals surface area contributed by atoms with Crippen LogP contribution in [0.15, 0.2) is 5.38 Å². The SMILES string of the molecule is C[C@@H](N)C(=O)Nc1nc(CN2CCOCC2)cs1. The molecule has 6 nitrogen and oxygen atoms in total. The highest BCUT2D eigenvalue weighted by atomic mass is 32.1. The molecule has 1 fully saturated rings. The Morgan fingerprint density at radius 3 is 3.06 bits per heavy atom. The van der Waals surface area contributed by atoms with Crippen LogP contribution in [-0.4, -0.2) is 48.1 Å². The third-order valence-electron chi connectivity index (χ3n) is 2.68. The molecule has 0 spiro atoms. The molecule has 1 aliphatic heterocycles. The monoisotopic (exact) mass is 270 g/mol. The van der Waals surface area contributed by atoms with E-state index < -0.39 is 6.04 Å². The van der Waals surface area contributed by atoms with Crippen molar-refractivity contribution in [2.75, 3.05) is 31.6 Å². The molecule has 7 heteroatoms. The fourth-order valence-corrected chi connectivity index (χ4v) is 2.35. The Kier molecular flexibility index (Phi) is 4.65. The Bertz CT molecular complexity index is 402. The number of rotatable bonds is 4. The smallest absolute Gasteiger partial charge is 0.242 e. The minimum Gasteiger partial charge on any atom is -0.379 e. The number of aromatic nitrogens is 1. The summed E-state index contributed by atoms with van der Waals surface area (Å²) in [5, 5.41) is 5.28. The van der Waals surface area contributed by atoms with Gasteiger partial charge in [-0.15, -0.1) is 11.3 Å². The Morgan fingerprint density at radius 1 is 1.67 bits per heavy atom. The van der Waals surface area contributed by atoms with Crippen molar-refractivity contribution < 1.29 is 9.53 Å². The molecule has 0 saturated carbocycles. The van der Waals surface area contributed by atoms with E-state index in [4.69, 9.17) is 10.5 Å². The van der Waals surface area contributed by atoms with Crippen LogP contribution in [0.4, 0.5) is 5.13 Å². The molecule has 0 radical (unpaired) electrons. The molecule has 0 bridgehead atoms. The van der Waals surface area contributed by atoms with Gasteiger partial charge in [0.1, 0.15) is 0 Å². The molecule has 0 aromatic carbocycles. The summed E-state index contributed by atoms with van der Waals surface area (Å²) >= 11 is 1.43. The van der Waals surface area contributed by atoms with E-state index >= 15 is 0 Å². The quantitative estimate of drug-likeness (QED) is 0.820. The summed E-state index contributed by atoms with van der Waals surface area (Å²) < 4.78 is 5.29. The molecule has 1 aromatic rings. The summed E-state index contributed by atoms with van der Waals surface area (Å²) in [6.45, 7) is 5.86. The summed E-state index contributed by atoms with van der Waals surface area (Å²) in [6.07, 6.45) is 0. The van der Waals surface area contributed by atoms with Crippen molar-refractivity contribution in [2.24, 2.45) is 5.73 Å². The van der Waals surface area contributed by atoms with Crippen LogP contribution < -0.4 is 11.1 Å². The Balaban J connectivity index is 1.87. The number of hydrogen-bond acceptors (Lipinski definition) is 6. The fraction of sp³-hybridized carbons (Fsp3) is 0.636. The maximum atomic E-state index is 11.4. The molecular weight excluding hydrogens is 252 g/mol. The molecule has 1 atom stereocenters. The summed E-state index contributed by atoms with van der Waals surface area (Å²) in [7, 11) is 0. The second-order valence-electron chi connectivity index (χ2n) is 4.31. The Hall–Kier alpha value is -1.02. The van der Waals surface area contributed by atoms with Gasteiger partial charge in [-0.1, -0.05) is 0 Å². The van der Waals surface area contributed by atoms with Gasteiger partial charge in [-0.3, -0.25) is 9.69 Å². The van der Waals surface area contributed by atoms with Crippen LogP contribution in [0.2, 0.25) is 0 Å². The van der Waals surface area contributed by atoms with Crippen LogP contribution in [0.3, 0.4) is 0 Å². The van der Waals surface area contributed by atoms with Gasteiger partial charge >= 0.3 is 0 Å². The third-order valence-corrected chi connectivity index (χ3v) is 3.49. The summed E-state index contributed by atoms with van der Waals surface area (Å²) in [6, 6.07) is -0.517. The number of nitrogens with one attached hydrogen (secondary N) is 1. The minimum atomic E-state index is -0.517. The van der Waals surface area contributed by atoms with E-state index in [0.717, 1.165) is 38.5 Å². The molecule has 0 aliphatic carbocycles. The largest absolute Gasteiger partial charge is 0.379 e. The predicted octanol–water partition coefficient (Wildman–Crippen LogP) is 0.261. The van der Waals surface area contributed by atoms with Crippen LogP contribution in [0.5, 0.6) is 0 Å². The Labute approximate surface area is 110 Å². The van der Waals surface area contributed by atoms with Crippen molar-refractivity contribution in [3.63, 3.8) is 0 Å². The van der Waals surface area contributed by atoms with Crippen LogP contribution in [0.1, 0.15) is 12.6 Å². The van der Waals surface area contributed by atoms with Crippen molar-refractivity contribution >= 4 is 22.4 Å². The molecule has 1 amide bonds. The first-order valence-corrected chi connectivity index (χ1v) is 6.84. The number of carbonyl (C=O) groups is 1. The van der Waals surface area contributed by atoms with Gasteiger partial charge in [0.15, 0.2) is 5.13 Å². The maximum Gasteiger partial charge on any atom is 0.242 e. The standard InChI is InChI=1S/C11H18N4O2S/c1-8(12)10(16)14-11-13-9(7-18-11)6-15-2-4-17-5-3-15/h7-8H,2-6,12H2,1H3,(H,13,14,16)/t8-/m1/s1. The van der Waals surface area contributed by atoms with Crippen molar-refractivity contribution in [3.8, 4) is 0 Å². The van der Waals surface area contributed by atoms with Crippen LogP contribution in [0.25, 0.3) is 0 Å². The molecule has 100 valence electrons. The second kappa shape index (κ2) is 6.24. The van der Waals surface area contributed by atoms with E-state index in [9.17, 15) is 4.79 Å². The minimum absolute atomic E-state index is 0.206. The second-order valence-corrected chi connectivity index (χ2v) is 5.17. The number of amides is 1. The van der Waals surface area contributed by atoms with E-state index in [-0.39, 0.29) is 5.91 Å². The first-order valence-electron chi connectivity index (χ1n) is 5.96. The van der Waals surface area contributed by atoms with Crippen molar-refractivity contribution in [2.45, 2.75) is 19.5 Å². The molecule has 1 saturated heterocycles. The molecule has 18 heavy (non-hydrogen) atoms. The van der Waals surface area contributed by atoms with E-state index in [1.54, 1.807) is 6.92 Å². The van der Waals surface area contributed by atoms with Gasteiger partial charge in [0, 0.05) is 25.0 Å². The number of ether oxygens (including phenoxy) is 1. The van der Waals surface area contributed by atoms with Gasteiger partial charge in [0.2, 0.25) is 5.91 Å². The first-order chi connectivity index (χ1) is 8.65. The van der Waals surface area contributed by atoms with Gasteiger partial charge < -0.3 is 15.8 Å². The number of nitrogens with zero attached hydrogens (tertiary/aromatic N) is 2. The molecule has 1 aliphatic rings. The van der Waals surface area contributed by atoms with E-state index in [1.807, 2.05) is 5.38 Å². The van der Waals surface area contributed by atoms with Gasteiger partial charge in [0.05, 0.1) is 24.9 Å². The summed E-state index contributed by atoms with van der Waals surface area (Å²) in [4.78, 5) is 18.1. The van der Waals surface area contributed by atoms with Crippen molar-refractivity contribution in [1.29, 1.82) is 0 Å². The fourth-order valence-electron chi connectivity index (χ4n) is 1.64. The normalized spacial score (nSPS) is 18.6. The topological polar surface area (TPSA) is 80.5 Å². The lowest BCUT2D eigenvalue weighted by molar-refractivity contribution is -0.117. The number of anilines is 1. The zero-order valence-electron chi connectivity index (χ0n) is 10.4. The average molecular weight is 270 g/mol. The average Bonchev–Trinajstić information content (AvgIpc) is 2.77. The molecular formula is C11H18N4O2S. The van der Waals surface area contributed by atoms with E-state index in [1.165, 1.54) is 11.3 Å². The number of hydrogen-bond donors (Lipinski definition) is 2. The van der Waals surface area contributed by atoms with Gasteiger partial charge in [-0.2, -0.15) is 0 Å². The third kappa shape index (κ3) is 3.74. The van der Waals surface area contributed by atoms with Crippen LogP contribution in [0, 0.1) is 0 Å². The highest BCUT2D eigenvalue weighted by Crippen LogP contribution is 2.17. The predicted molar refractivity (Wildman–Crippen MR) is 70.5 cm³/mol. The van der Waals surface area contributed by atoms with Gasteiger partial charge in [0.25, 0.3) is 0 Å². The molecule has 2 rings (SSSR count). The van der Waals surface area contributed by atoms with Gasteiger partial charge in [-0.25, -0.2) is 4.98 Å². The van der Waals surface area contributed by atoms with Crippen LogP contribution >= 0.6 is 11.3 Å². The molecule has 0 unspecified atom stereocenters. The number of thiazole rings is 1. The number of morpholine rings is 1. The maximum absolute atomic E-state index is 11.4. The zero-order chi connectivity index (χ0) is 13.0. The van der Waals surface area contributed by atoms with Crippen LogP contribution in [-0.2, 0) is 16.1 Å². The lowest BCUT2D eigenvalue weighted by Crippen LogP contribution is -2.35. The lowest BCUT2D eigenvalue weighted by Gasteiger charge is -2.25. The highest BCUT2D eigenvalue weighted by Gasteiger charge is 2.14. The highest BCUT2D eigenvalue weighted by molar-refractivity contribution is 7.13. The lowest BCUT2D eigenvalue weighted by atomic mass is 10.3. The Morgan fingerprint density at radius 2 is 2.39 bits per heavy atom. The molecule has 3 N–H and O–H groups in total. The summed E-state index contributed by atoms with van der Waals surface area (Å²) in [5.74, 6) is -0.206. The molecule has 1 aromatic heterocycles. The van der Waals surface area contributed by atoms with E-state index in [0.29, 0.717) is 5.13 Å². The first kappa shape index (κ1) is 13.4. The van der Waals surface area contributed by atoms with E-state index in [2.05, 4.69) is 15.2 Å². The number of carbonyl (C=O) groups excluding carboxylic acids is 1.